The molecule has 1 aliphatic heterocycles. The molecule has 0 N–H and O–H groups in total. The number of nitrogens with zero attached hydrogens (tertiary/aromatic N) is 1. The lowest BCUT2D eigenvalue weighted by Gasteiger charge is -2.24. The highest BCUT2D eigenvalue weighted by Gasteiger charge is 2.37. The summed E-state index contributed by atoms with van der Waals surface area (Å²) in [7, 11) is 7.68. The largest absolute Gasteiger partial charge is 0.493 e. The Kier molecular flexibility index (Phi) is 6.18. The summed E-state index contributed by atoms with van der Waals surface area (Å²) in [6.45, 7) is 0.259. The maximum Gasteiger partial charge on any atom is 0.328 e. The Morgan fingerprint density at radius 2 is 1.36 bits per heavy atom. The van der Waals surface area contributed by atoms with Gasteiger partial charge in [0.1, 0.15) is 6.04 Å². The lowest BCUT2D eigenvalue weighted by atomic mass is 9.95. The molecule has 3 aromatic carbocycles. The molecule has 33 heavy (non-hydrogen) atoms. The monoisotopic (exact) mass is 453 g/mol. The van der Waals surface area contributed by atoms with Crippen LogP contribution in [0.15, 0.2) is 30.3 Å². The van der Waals surface area contributed by atoms with Crippen LogP contribution in [0.5, 0.6) is 23.0 Å². The van der Waals surface area contributed by atoms with Crippen LogP contribution in [0.1, 0.15) is 18.4 Å². The van der Waals surface area contributed by atoms with Crippen LogP contribution in [-0.2, 0) is 20.9 Å². The number of amides is 1. The molecule has 1 unspecified atom stereocenters. The molecular weight excluding hydrogens is 426 g/mol. The first-order chi connectivity index (χ1) is 15.9. The van der Waals surface area contributed by atoms with E-state index in [1.165, 1.54) is 7.11 Å². The first-order valence-corrected chi connectivity index (χ1v) is 10.6. The Labute approximate surface area is 191 Å². The number of rotatable bonds is 7. The third-order valence-electron chi connectivity index (χ3n) is 6.19. The van der Waals surface area contributed by atoms with Crippen molar-refractivity contribution in [2.24, 2.45) is 0 Å². The Morgan fingerprint density at radius 3 is 1.94 bits per heavy atom. The van der Waals surface area contributed by atoms with Crippen molar-refractivity contribution in [3.63, 3.8) is 0 Å². The number of carbonyl (C=O) groups is 2. The number of benzene rings is 3. The van der Waals surface area contributed by atoms with Crippen molar-refractivity contribution < 1.29 is 33.3 Å². The zero-order chi connectivity index (χ0) is 23.7. The van der Waals surface area contributed by atoms with Crippen LogP contribution in [0.25, 0.3) is 21.5 Å². The maximum absolute atomic E-state index is 12.7. The van der Waals surface area contributed by atoms with Crippen LogP contribution in [0, 0.1) is 0 Å². The van der Waals surface area contributed by atoms with Gasteiger partial charge in [0.15, 0.2) is 23.0 Å². The lowest BCUT2D eigenvalue weighted by molar-refractivity contribution is -0.149. The van der Waals surface area contributed by atoms with Crippen molar-refractivity contribution in [2.75, 3.05) is 35.5 Å². The molecule has 1 amide bonds. The summed E-state index contributed by atoms with van der Waals surface area (Å²) in [6, 6.07) is 9.04. The molecule has 0 saturated carbocycles. The van der Waals surface area contributed by atoms with E-state index in [1.54, 1.807) is 33.3 Å². The van der Waals surface area contributed by atoms with E-state index < -0.39 is 12.0 Å². The number of methoxy groups -OCH3 is 5. The number of hydrogen-bond acceptors (Lipinski definition) is 7. The van der Waals surface area contributed by atoms with Gasteiger partial charge in [0.25, 0.3) is 0 Å². The molecule has 3 aromatic rings. The molecule has 1 fully saturated rings. The fourth-order valence-corrected chi connectivity index (χ4v) is 4.51. The predicted octanol–water partition coefficient (Wildman–Crippen LogP) is 3.69. The van der Waals surface area contributed by atoms with E-state index >= 15 is 0 Å². The van der Waals surface area contributed by atoms with Gasteiger partial charge in [-0.05, 0) is 63.9 Å². The maximum atomic E-state index is 12.7. The molecule has 0 aromatic heterocycles. The molecule has 174 valence electrons. The summed E-state index contributed by atoms with van der Waals surface area (Å²) in [5, 5.41) is 3.63. The van der Waals surface area contributed by atoms with Crippen LogP contribution in [0.2, 0.25) is 0 Å². The second kappa shape index (κ2) is 9.05. The van der Waals surface area contributed by atoms with E-state index in [4.69, 9.17) is 23.7 Å². The zero-order valence-corrected chi connectivity index (χ0v) is 19.4. The molecule has 8 heteroatoms. The highest BCUT2D eigenvalue weighted by molar-refractivity contribution is 6.11. The molecule has 8 nitrogen and oxygen atoms in total. The third kappa shape index (κ3) is 3.86. The third-order valence-corrected chi connectivity index (χ3v) is 6.19. The van der Waals surface area contributed by atoms with Crippen LogP contribution in [0.4, 0.5) is 0 Å². The summed E-state index contributed by atoms with van der Waals surface area (Å²) in [5.74, 6) is 1.88. The van der Waals surface area contributed by atoms with Crippen molar-refractivity contribution in [3.05, 3.63) is 35.9 Å². The van der Waals surface area contributed by atoms with Gasteiger partial charge in [-0.25, -0.2) is 4.79 Å². The van der Waals surface area contributed by atoms with E-state index in [1.807, 2.05) is 30.3 Å². The van der Waals surface area contributed by atoms with E-state index in [0.29, 0.717) is 35.8 Å². The minimum Gasteiger partial charge on any atom is -0.493 e. The quantitative estimate of drug-likeness (QED) is 0.399. The predicted molar refractivity (Wildman–Crippen MR) is 123 cm³/mol. The van der Waals surface area contributed by atoms with Gasteiger partial charge in [-0.2, -0.15) is 0 Å². The number of ether oxygens (including phenoxy) is 5. The summed E-state index contributed by atoms with van der Waals surface area (Å²) in [6.07, 6.45) is 0.757. The first-order valence-electron chi connectivity index (χ1n) is 10.6. The summed E-state index contributed by atoms with van der Waals surface area (Å²) in [4.78, 5) is 26.5. The summed E-state index contributed by atoms with van der Waals surface area (Å²) >= 11 is 0. The van der Waals surface area contributed by atoms with Crippen molar-refractivity contribution in [3.8, 4) is 23.0 Å². The number of fused-ring (bicyclic) bond motifs is 3. The Bertz CT molecular complexity index is 1240. The van der Waals surface area contributed by atoms with Crippen molar-refractivity contribution in [1.82, 2.24) is 4.90 Å². The molecule has 0 bridgehead atoms. The number of carbonyl (C=O) groups excluding carboxylic acids is 2. The first kappa shape index (κ1) is 22.5. The molecule has 0 aliphatic carbocycles. The van der Waals surface area contributed by atoms with Gasteiger partial charge in [0.05, 0.1) is 35.5 Å². The lowest BCUT2D eigenvalue weighted by Crippen LogP contribution is -2.38. The fourth-order valence-electron chi connectivity index (χ4n) is 4.51. The molecule has 1 heterocycles. The van der Waals surface area contributed by atoms with Gasteiger partial charge in [0.2, 0.25) is 5.91 Å². The second-order valence-corrected chi connectivity index (χ2v) is 7.82. The Morgan fingerprint density at radius 1 is 0.818 bits per heavy atom. The number of esters is 1. The molecular formula is C25H27NO7. The van der Waals surface area contributed by atoms with E-state index in [2.05, 4.69) is 0 Å². The molecule has 1 saturated heterocycles. The standard InChI is InChI=1S/C25H27NO7/c1-29-20-9-14-8-15(13-26-19(25(28)33-5)6-7-24(26)27)17-11-22(31-3)23(32-4)12-18(17)16(14)10-21(20)30-2/h8-12,19H,6-7,13H2,1-5H3. The fraction of sp³-hybridized carbons (Fsp3) is 0.360. The summed E-state index contributed by atoms with van der Waals surface area (Å²) in [5.41, 5.74) is 0.870. The van der Waals surface area contributed by atoms with Crippen molar-refractivity contribution >= 4 is 33.4 Å². The zero-order valence-electron chi connectivity index (χ0n) is 19.4. The molecule has 1 aliphatic rings. The molecule has 4 rings (SSSR count). The molecule has 0 radical (unpaired) electrons. The highest BCUT2D eigenvalue weighted by atomic mass is 16.5. The van der Waals surface area contributed by atoms with E-state index in [9.17, 15) is 9.59 Å². The topological polar surface area (TPSA) is 83.5 Å². The van der Waals surface area contributed by atoms with Gasteiger partial charge in [-0.1, -0.05) is 0 Å². The normalized spacial score (nSPS) is 15.7. The summed E-state index contributed by atoms with van der Waals surface area (Å²) < 4.78 is 27.0. The number of likely N-dealkylation sites (tertiary alicyclic amines) is 1. The Hall–Kier alpha value is -3.68. The smallest absolute Gasteiger partial charge is 0.328 e. The average molecular weight is 453 g/mol. The van der Waals surface area contributed by atoms with Crippen LogP contribution >= 0.6 is 0 Å². The van der Waals surface area contributed by atoms with E-state index in [-0.39, 0.29) is 12.5 Å². The SMILES string of the molecule is COC(=O)C1CCC(=O)N1Cc1cc2cc(OC)c(OC)cc2c2cc(OC)c(OC)cc12. The second-order valence-electron chi connectivity index (χ2n) is 7.82. The van der Waals surface area contributed by atoms with Gasteiger partial charge in [-0.15, -0.1) is 0 Å². The Balaban J connectivity index is 1.97. The van der Waals surface area contributed by atoms with Crippen molar-refractivity contribution in [1.29, 1.82) is 0 Å². The van der Waals surface area contributed by atoms with Crippen LogP contribution in [0.3, 0.4) is 0 Å². The van der Waals surface area contributed by atoms with Crippen LogP contribution in [-0.4, -0.2) is 58.4 Å². The molecule has 1 atom stereocenters. The highest BCUT2D eigenvalue weighted by Crippen LogP contribution is 2.42. The molecule has 0 spiro atoms. The average Bonchev–Trinajstić information content (AvgIpc) is 3.21. The minimum atomic E-state index is -0.598. The van der Waals surface area contributed by atoms with Crippen LogP contribution < -0.4 is 18.9 Å². The van der Waals surface area contributed by atoms with Gasteiger partial charge >= 0.3 is 5.97 Å². The number of hydrogen-bond donors (Lipinski definition) is 0. The van der Waals surface area contributed by atoms with Gasteiger partial charge in [-0.3, -0.25) is 4.79 Å². The minimum absolute atomic E-state index is 0.0774. The van der Waals surface area contributed by atoms with E-state index in [0.717, 1.165) is 27.1 Å². The van der Waals surface area contributed by atoms with Crippen molar-refractivity contribution in [2.45, 2.75) is 25.4 Å². The van der Waals surface area contributed by atoms with Gasteiger partial charge < -0.3 is 28.6 Å². The van der Waals surface area contributed by atoms with Gasteiger partial charge in [0, 0.05) is 13.0 Å².